The number of likely N-dealkylation sites (tertiary alicyclic amines) is 1. The SMILES string of the molecule is CC(c1ccc(Cl)cc1)N(C)C(=O)CN1CCC(CO)C1. The van der Waals surface area contributed by atoms with E-state index in [9.17, 15) is 4.79 Å². The smallest absolute Gasteiger partial charge is 0.236 e. The highest BCUT2D eigenvalue weighted by atomic mass is 35.5. The molecule has 2 atom stereocenters. The lowest BCUT2D eigenvalue weighted by molar-refractivity contribution is -0.132. The number of hydrogen-bond acceptors (Lipinski definition) is 3. The van der Waals surface area contributed by atoms with Crippen molar-refractivity contribution in [3.05, 3.63) is 34.9 Å². The minimum Gasteiger partial charge on any atom is -0.396 e. The number of hydrogen-bond donors (Lipinski definition) is 1. The van der Waals surface area contributed by atoms with Gasteiger partial charge in [-0.25, -0.2) is 0 Å². The third-order valence-corrected chi connectivity index (χ3v) is 4.57. The lowest BCUT2D eigenvalue weighted by Crippen LogP contribution is -2.38. The van der Waals surface area contributed by atoms with Crippen LogP contribution in [0.5, 0.6) is 0 Å². The number of carbonyl (C=O) groups excluding carboxylic acids is 1. The minimum atomic E-state index is 0.0195. The third-order valence-electron chi connectivity index (χ3n) is 4.31. The molecular formula is C16H23ClN2O2. The van der Waals surface area contributed by atoms with E-state index in [2.05, 4.69) is 4.90 Å². The summed E-state index contributed by atoms with van der Waals surface area (Å²) in [6.45, 7) is 4.35. The molecule has 4 nitrogen and oxygen atoms in total. The van der Waals surface area contributed by atoms with E-state index in [4.69, 9.17) is 16.7 Å². The Morgan fingerprint density at radius 2 is 2.14 bits per heavy atom. The van der Waals surface area contributed by atoms with E-state index in [0.717, 1.165) is 25.1 Å². The fraction of sp³-hybridized carbons (Fsp3) is 0.562. The predicted molar refractivity (Wildman–Crippen MR) is 84.3 cm³/mol. The molecule has 1 amide bonds. The van der Waals surface area contributed by atoms with Crippen molar-refractivity contribution in [2.24, 2.45) is 5.92 Å². The van der Waals surface area contributed by atoms with Crippen LogP contribution in [0.3, 0.4) is 0 Å². The molecule has 21 heavy (non-hydrogen) atoms. The normalized spacial score (nSPS) is 20.5. The number of rotatable bonds is 5. The zero-order valence-electron chi connectivity index (χ0n) is 12.6. The highest BCUT2D eigenvalue weighted by Gasteiger charge is 2.25. The van der Waals surface area contributed by atoms with Gasteiger partial charge in [-0.05, 0) is 43.5 Å². The molecular weight excluding hydrogens is 288 g/mol. The monoisotopic (exact) mass is 310 g/mol. The molecule has 1 aromatic carbocycles. The molecule has 0 aliphatic carbocycles. The zero-order valence-corrected chi connectivity index (χ0v) is 13.4. The molecule has 0 aromatic heterocycles. The molecule has 1 aromatic rings. The van der Waals surface area contributed by atoms with E-state index in [1.54, 1.807) is 4.90 Å². The van der Waals surface area contributed by atoms with Gasteiger partial charge in [-0.2, -0.15) is 0 Å². The van der Waals surface area contributed by atoms with Crippen molar-refractivity contribution in [1.82, 2.24) is 9.80 Å². The summed E-state index contributed by atoms with van der Waals surface area (Å²) in [5, 5.41) is 9.85. The second-order valence-electron chi connectivity index (χ2n) is 5.80. The number of aliphatic hydroxyl groups excluding tert-OH is 1. The van der Waals surface area contributed by atoms with Crippen LogP contribution in [0.25, 0.3) is 0 Å². The van der Waals surface area contributed by atoms with E-state index in [-0.39, 0.29) is 18.6 Å². The summed E-state index contributed by atoms with van der Waals surface area (Å²) in [7, 11) is 1.83. The first kappa shape index (κ1) is 16.3. The van der Waals surface area contributed by atoms with Crippen LogP contribution in [0.1, 0.15) is 24.9 Å². The van der Waals surface area contributed by atoms with Crippen LogP contribution in [0, 0.1) is 5.92 Å². The van der Waals surface area contributed by atoms with Gasteiger partial charge < -0.3 is 10.0 Å². The molecule has 1 heterocycles. The molecule has 1 aliphatic rings. The van der Waals surface area contributed by atoms with Crippen LogP contribution >= 0.6 is 11.6 Å². The van der Waals surface area contributed by atoms with E-state index < -0.39 is 0 Å². The van der Waals surface area contributed by atoms with E-state index in [0.29, 0.717) is 17.5 Å². The Morgan fingerprint density at radius 1 is 1.48 bits per heavy atom. The average molecular weight is 311 g/mol. The standard InChI is InChI=1S/C16H23ClN2O2/c1-12(14-3-5-15(17)6-4-14)18(2)16(21)10-19-8-7-13(9-19)11-20/h3-6,12-13,20H,7-11H2,1-2H3. The summed E-state index contributed by atoms with van der Waals surface area (Å²) in [5.41, 5.74) is 1.07. The number of benzene rings is 1. The van der Waals surface area contributed by atoms with Gasteiger partial charge in [0.2, 0.25) is 5.91 Å². The summed E-state index contributed by atoms with van der Waals surface area (Å²) < 4.78 is 0. The number of amides is 1. The maximum absolute atomic E-state index is 12.4. The van der Waals surface area contributed by atoms with Gasteiger partial charge >= 0.3 is 0 Å². The Bertz CT molecular complexity index is 478. The molecule has 5 heteroatoms. The Labute approximate surface area is 131 Å². The number of carbonyl (C=O) groups is 1. The second kappa shape index (κ2) is 7.25. The summed E-state index contributed by atoms with van der Waals surface area (Å²) in [4.78, 5) is 16.3. The molecule has 0 spiro atoms. The van der Waals surface area contributed by atoms with Gasteiger partial charge in [0.25, 0.3) is 0 Å². The second-order valence-corrected chi connectivity index (χ2v) is 6.24. The molecule has 1 saturated heterocycles. The highest BCUT2D eigenvalue weighted by Crippen LogP contribution is 2.22. The molecule has 2 rings (SSSR count). The molecule has 1 aliphatic heterocycles. The van der Waals surface area contributed by atoms with Crippen molar-refractivity contribution in [2.45, 2.75) is 19.4 Å². The molecule has 1 fully saturated rings. The molecule has 2 unspecified atom stereocenters. The third kappa shape index (κ3) is 4.19. The van der Waals surface area contributed by atoms with Crippen molar-refractivity contribution < 1.29 is 9.90 Å². The van der Waals surface area contributed by atoms with Gasteiger partial charge in [0.1, 0.15) is 0 Å². The lowest BCUT2D eigenvalue weighted by atomic mass is 10.1. The fourth-order valence-electron chi connectivity index (χ4n) is 2.69. The van der Waals surface area contributed by atoms with Crippen LogP contribution in [-0.4, -0.2) is 54.1 Å². The highest BCUT2D eigenvalue weighted by molar-refractivity contribution is 6.30. The fourth-order valence-corrected chi connectivity index (χ4v) is 2.82. The Morgan fingerprint density at radius 3 is 2.71 bits per heavy atom. The molecule has 0 bridgehead atoms. The summed E-state index contributed by atoms with van der Waals surface area (Å²) >= 11 is 5.89. The van der Waals surface area contributed by atoms with Gasteiger partial charge in [-0.1, -0.05) is 23.7 Å². The first-order valence-corrected chi connectivity index (χ1v) is 7.73. The van der Waals surface area contributed by atoms with Crippen LogP contribution in [-0.2, 0) is 4.79 Å². The number of likely N-dealkylation sites (N-methyl/N-ethyl adjacent to an activating group) is 1. The maximum Gasteiger partial charge on any atom is 0.236 e. The van der Waals surface area contributed by atoms with Gasteiger partial charge in [0, 0.05) is 25.2 Å². The summed E-state index contributed by atoms with van der Waals surface area (Å²) in [6.07, 6.45) is 0.972. The first-order valence-electron chi connectivity index (χ1n) is 7.35. The Kier molecular flexibility index (Phi) is 5.62. The largest absolute Gasteiger partial charge is 0.396 e. The van der Waals surface area contributed by atoms with Crippen molar-refractivity contribution in [3.63, 3.8) is 0 Å². The lowest BCUT2D eigenvalue weighted by Gasteiger charge is -2.27. The van der Waals surface area contributed by atoms with Crippen molar-refractivity contribution in [2.75, 3.05) is 33.3 Å². The van der Waals surface area contributed by atoms with E-state index >= 15 is 0 Å². The van der Waals surface area contributed by atoms with E-state index in [1.807, 2.05) is 38.2 Å². The molecule has 116 valence electrons. The number of nitrogens with zero attached hydrogens (tertiary/aromatic N) is 2. The van der Waals surface area contributed by atoms with Crippen LogP contribution in [0.4, 0.5) is 0 Å². The van der Waals surface area contributed by atoms with Crippen LogP contribution in [0.15, 0.2) is 24.3 Å². The predicted octanol–water partition coefficient (Wildman–Crippen LogP) is 2.17. The Hall–Kier alpha value is -1.10. The van der Waals surface area contributed by atoms with Crippen LogP contribution in [0.2, 0.25) is 5.02 Å². The average Bonchev–Trinajstić information content (AvgIpc) is 2.94. The Balaban J connectivity index is 1.91. The molecule has 0 saturated carbocycles. The molecule has 0 radical (unpaired) electrons. The van der Waals surface area contributed by atoms with Crippen molar-refractivity contribution in [3.8, 4) is 0 Å². The van der Waals surface area contributed by atoms with Gasteiger partial charge in [-0.15, -0.1) is 0 Å². The zero-order chi connectivity index (χ0) is 15.4. The minimum absolute atomic E-state index is 0.0195. The van der Waals surface area contributed by atoms with Crippen molar-refractivity contribution >= 4 is 17.5 Å². The number of aliphatic hydroxyl groups is 1. The quantitative estimate of drug-likeness (QED) is 0.906. The van der Waals surface area contributed by atoms with Crippen molar-refractivity contribution in [1.29, 1.82) is 0 Å². The van der Waals surface area contributed by atoms with E-state index in [1.165, 1.54) is 0 Å². The maximum atomic E-state index is 12.4. The van der Waals surface area contributed by atoms with Gasteiger partial charge in [-0.3, -0.25) is 9.69 Å². The topological polar surface area (TPSA) is 43.8 Å². The van der Waals surface area contributed by atoms with Crippen LogP contribution < -0.4 is 0 Å². The van der Waals surface area contributed by atoms with Gasteiger partial charge in [0.05, 0.1) is 12.6 Å². The molecule has 1 N–H and O–H groups in total. The first-order chi connectivity index (χ1) is 10.0. The number of halogens is 1. The summed E-state index contributed by atoms with van der Waals surface area (Å²) in [6, 6.07) is 7.62. The summed E-state index contributed by atoms with van der Waals surface area (Å²) in [5.74, 6) is 0.424. The van der Waals surface area contributed by atoms with Gasteiger partial charge in [0.15, 0.2) is 0 Å².